The zero-order valence-electron chi connectivity index (χ0n) is 79.4. The van der Waals surface area contributed by atoms with E-state index in [-0.39, 0.29) is 84.5 Å². The SMILES string of the molecule is CC(=O)C(C(=O)Nc1cc(C)ccc1Cl)n1nnc2ccccc21.CC(=O)Nc1cc(S(=O)(=O)[O-])cc2cc(C)c(N=Nc3ccc(Oc4cc(C(=O)NCCCCOc5ccc(C)cc5C)c(O)c5ccccc45)cc3)c(O)c12.CC(=O)c1ccccc1.CCC(C)(C)c1ccc(OC(C)C(=O)Nc2cc(O)c(NC(=O)Nc3ccc(C#N)cc3)cc2Oc2ccc(OC)cc2)c(C(C)(C)CC)c1. The molecule has 6 amide bonds. The molecule has 9 N–H and O–H groups in total. The number of amides is 6. The number of fused-ring (bicyclic) bond motifs is 3. The number of urea groups is 1. The van der Waals surface area contributed by atoms with Gasteiger partial charge < -0.3 is 75.5 Å². The van der Waals surface area contributed by atoms with Crippen molar-refractivity contribution in [1.29, 1.82) is 5.26 Å². The van der Waals surface area contributed by atoms with Crippen LogP contribution in [-0.4, -0.2) is 111 Å². The van der Waals surface area contributed by atoms with Crippen LogP contribution in [0.2, 0.25) is 5.02 Å². The number of azo groups is 1. The second-order valence-corrected chi connectivity index (χ2v) is 35.9. The Bertz CT molecular complexity index is 7090. The highest BCUT2D eigenvalue weighted by molar-refractivity contribution is 7.85. The molecule has 32 heteroatoms. The number of hydrogen-bond acceptors (Lipinski definition) is 23. The van der Waals surface area contributed by atoms with Gasteiger partial charge in [-0.25, -0.2) is 17.9 Å². The number of para-hydroxylation sites is 1. The third-order valence-electron chi connectivity index (χ3n) is 22.9. The van der Waals surface area contributed by atoms with Gasteiger partial charge >= 0.3 is 6.03 Å². The molecule has 14 aromatic rings. The molecule has 2 atom stereocenters. The summed E-state index contributed by atoms with van der Waals surface area (Å²) in [5, 5.41) is 76.6. The van der Waals surface area contributed by atoms with E-state index >= 15 is 0 Å². The van der Waals surface area contributed by atoms with Gasteiger partial charge in [0.2, 0.25) is 5.91 Å². The summed E-state index contributed by atoms with van der Waals surface area (Å²) in [4.78, 5) is 86.5. The molecule has 0 fully saturated rings. The normalized spacial score (nSPS) is 11.6. The van der Waals surface area contributed by atoms with E-state index in [1.54, 1.807) is 155 Å². The topological polar surface area (TPSA) is 435 Å². The van der Waals surface area contributed by atoms with Gasteiger partial charge in [-0.3, -0.25) is 28.8 Å². The lowest BCUT2D eigenvalue weighted by molar-refractivity contribution is -0.129. The molecule has 0 spiro atoms. The Morgan fingerprint density at radius 1 is 0.583 bits per heavy atom. The van der Waals surface area contributed by atoms with Gasteiger partial charge in [-0.1, -0.05) is 161 Å². The van der Waals surface area contributed by atoms with Gasteiger partial charge in [-0.05, 0) is 246 Å². The Morgan fingerprint density at radius 2 is 1.21 bits per heavy atom. The molecule has 0 radical (unpaired) electrons. The summed E-state index contributed by atoms with van der Waals surface area (Å²) in [6, 6.07) is 68.7. The largest absolute Gasteiger partial charge is 0.744 e. The van der Waals surface area contributed by atoms with Crippen molar-refractivity contribution in [2.45, 2.75) is 150 Å². The van der Waals surface area contributed by atoms with Crippen molar-refractivity contribution in [3.63, 3.8) is 0 Å². The average molecular weight is 1920 g/mol. The maximum atomic E-state index is 13.6. The average Bonchev–Trinajstić information content (AvgIpc) is 1.43. The molecule has 0 bridgehead atoms. The number of anilines is 5. The number of hydrogen-bond donors (Lipinski definition) is 9. The van der Waals surface area contributed by atoms with Gasteiger partial charge in [0.1, 0.15) is 67.3 Å². The van der Waals surface area contributed by atoms with E-state index in [0.717, 1.165) is 59.4 Å². The summed E-state index contributed by atoms with van der Waals surface area (Å²) in [7, 11) is -3.30. The van der Waals surface area contributed by atoms with Gasteiger partial charge in [-0.15, -0.1) is 10.2 Å². The summed E-state index contributed by atoms with van der Waals surface area (Å²) in [6.45, 7) is 27.3. The van der Waals surface area contributed by atoms with Gasteiger partial charge in [0.15, 0.2) is 35.2 Å². The number of halogens is 1. The van der Waals surface area contributed by atoms with Crippen LogP contribution in [-0.2, 0) is 40.1 Å². The lowest BCUT2D eigenvalue weighted by atomic mass is 9.76. The Kier molecular flexibility index (Phi) is 34.6. The van der Waals surface area contributed by atoms with E-state index < -0.39 is 56.8 Å². The summed E-state index contributed by atoms with van der Waals surface area (Å²) < 4.78 is 66.4. The van der Waals surface area contributed by atoms with Crippen molar-refractivity contribution in [2.24, 2.45) is 10.2 Å². The monoisotopic (exact) mass is 1920 g/mol. The van der Waals surface area contributed by atoms with E-state index in [9.17, 15) is 61.9 Å². The minimum atomic E-state index is -4.86. The first kappa shape index (κ1) is 103. The molecule has 139 heavy (non-hydrogen) atoms. The number of aromatic hydroxyl groups is 3. The van der Waals surface area contributed by atoms with Crippen molar-refractivity contribution in [2.75, 3.05) is 46.8 Å². The molecule has 13 aromatic carbocycles. The van der Waals surface area contributed by atoms with E-state index in [2.05, 4.69) is 112 Å². The van der Waals surface area contributed by atoms with Gasteiger partial charge in [-0.2, -0.15) is 10.4 Å². The van der Waals surface area contributed by atoms with Crippen LogP contribution in [0.15, 0.2) is 258 Å². The van der Waals surface area contributed by atoms with Gasteiger partial charge in [0.05, 0.1) is 74.8 Å². The smallest absolute Gasteiger partial charge is 0.323 e. The molecule has 718 valence electrons. The van der Waals surface area contributed by atoms with Gasteiger partial charge in [0, 0.05) is 58.6 Å². The van der Waals surface area contributed by atoms with Crippen LogP contribution in [0.1, 0.15) is 161 Å². The first-order chi connectivity index (χ1) is 66.1. The third-order valence-corrected chi connectivity index (χ3v) is 24.0. The fourth-order valence-electron chi connectivity index (χ4n) is 14.4. The van der Waals surface area contributed by atoms with Crippen molar-refractivity contribution in [1.82, 2.24) is 20.3 Å². The van der Waals surface area contributed by atoms with Crippen molar-refractivity contribution < 1.29 is 85.5 Å². The van der Waals surface area contributed by atoms with Gasteiger partial charge in [0.25, 0.3) is 17.7 Å². The van der Waals surface area contributed by atoms with Crippen molar-refractivity contribution >= 4 is 135 Å². The number of unbranched alkanes of at least 4 members (excludes halogenated alkanes) is 1. The first-order valence-corrected chi connectivity index (χ1v) is 46.2. The zero-order chi connectivity index (χ0) is 101. The number of nitrogens with zero attached hydrogens (tertiary/aromatic N) is 6. The number of nitriles is 1. The molecule has 1 aromatic heterocycles. The third kappa shape index (κ3) is 27.2. The van der Waals surface area contributed by atoms with Crippen LogP contribution in [0.4, 0.5) is 44.6 Å². The van der Waals surface area contributed by atoms with Crippen LogP contribution in [0.5, 0.6) is 57.5 Å². The van der Waals surface area contributed by atoms with E-state index in [0.29, 0.717) is 103 Å². The summed E-state index contributed by atoms with van der Waals surface area (Å²) in [5.74, 6) is 0.383. The Balaban J connectivity index is 0.000000202. The molecular weight excluding hydrogens is 1810 g/mol. The standard InChI is InChI=1S/C42H40N4O9S.C40H46N4O6.C17H15ClN4O2.C8H8O/c1-24-11-16-36(25(2)19-24)54-18-8-7-17-43-42(50)34-23-37(32-9-5-6-10-33(32)40(34)48)55-30-14-12-29(13-15-30)45-46-39-26(3)20-28-21-31(56(51,52)53)22-35(44-27(4)47)38(28)41(39)49;1-9-39(4,5)27-13-20-35(31(21-27)40(6,7)10-2)49-25(3)37(46)43-33-22-34(45)32(23-36(33)50-30-18-16-29(48-8)17-19-30)44-38(47)42-28-14-11-26(24-41)12-15-28;1-10-7-8-12(18)14(9-10)19-17(24)16(11(2)23)22-15-6-4-3-5-13(15)20-21-22;1-7(9)8-5-3-2-4-6-8/h5-6,9-16,19-23,48-49H,7-8,17-18H2,1-4H3,(H,43,50)(H,44,47)(H,51,52,53);11-23,25,45H,9-10H2,1-8H3,(H,43,46)(H2,42,44,47);3-9,16H,1-2H3,(H,19,24);2-6H,1H3/p-1. The van der Waals surface area contributed by atoms with E-state index in [4.69, 9.17) is 40.5 Å². The zero-order valence-corrected chi connectivity index (χ0v) is 81.0. The Morgan fingerprint density at radius 3 is 1.85 bits per heavy atom. The first-order valence-electron chi connectivity index (χ1n) is 44.5. The molecule has 0 saturated carbocycles. The van der Waals surface area contributed by atoms with E-state index in [1.807, 2.05) is 87.5 Å². The van der Waals surface area contributed by atoms with Crippen molar-refractivity contribution in [3.05, 3.63) is 298 Å². The molecule has 14 rings (SSSR count). The lowest BCUT2D eigenvalue weighted by Gasteiger charge is -2.31. The molecule has 30 nitrogen and oxygen atoms in total. The number of aryl methyl sites for hydroxylation is 4. The molecule has 0 aliphatic rings. The fourth-order valence-corrected chi connectivity index (χ4v) is 15.1. The second-order valence-electron chi connectivity index (χ2n) is 34.1. The number of phenolic OH excluding ortho intramolecular Hbond substituents is 3. The molecule has 0 saturated heterocycles. The molecular formula is C107H108ClN12O18S-. The number of benzene rings is 13. The van der Waals surface area contributed by atoms with Crippen LogP contribution in [0, 0.1) is 39.0 Å². The Hall–Kier alpha value is -16.0. The molecule has 0 aliphatic carbocycles. The van der Waals surface area contributed by atoms with Crippen LogP contribution in [0.3, 0.4) is 0 Å². The number of Topliss-reactive ketones (excluding diaryl/α,β-unsaturated/α-hetero) is 2. The highest BCUT2D eigenvalue weighted by Gasteiger charge is 2.32. The molecule has 0 aliphatic heterocycles. The number of ketones is 2. The predicted octanol–water partition coefficient (Wildman–Crippen LogP) is 23.5. The van der Waals surface area contributed by atoms with E-state index in [1.165, 1.54) is 53.9 Å². The maximum Gasteiger partial charge on any atom is 0.323 e. The number of carbonyl (C=O) groups excluding carboxylic acids is 7. The van der Waals surface area contributed by atoms with Crippen LogP contribution in [0.25, 0.3) is 32.6 Å². The molecule has 1 heterocycles. The second kappa shape index (κ2) is 46.5. The fraction of sp³-hybridized carbons (Fsp3) is 0.234. The number of ether oxygens (including phenoxy) is 5. The number of nitrogens with one attached hydrogen (secondary N) is 6. The predicted molar refractivity (Wildman–Crippen MR) is 537 cm³/mol. The quantitative estimate of drug-likeness (QED) is 0.00486. The molecule has 2 unspecified atom stereocenters. The van der Waals surface area contributed by atoms with Crippen LogP contribution < -0.4 is 55.6 Å². The highest BCUT2D eigenvalue weighted by Crippen LogP contribution is 2.46. The number of aromatic nitrogens is 3. The number of carbonyl (C=O) groups is 7. The minimum Gasteiger partial charge on any atom is -0.744 e. The number of rotatable bonds is 31. The maximum absolute atomic E-state index is 13.6. The summed E-state index contributed by atoms with van der Waals surface area (Å²) in [5.41, 5.74) is 9.61. The lowest BCUT2D eigenvalue weighted by Crippen LogP contribution is -2.32. The summed E-state index contributed by atoms with van der Waals surface area (Å²) in [6.07, 6.45) is 2.33. The van der Waals surface area contributed by atoms with Crippen molar-refractivity contribution in [3.8, 4) is 63.6 Å². The highest BCUT2D eigenvalue weighted by atomic mass is 35.5. The number of phenols is 3. The minimum absolute atomic E-state index is 0.0201. The number of methoxy groups -OCH3 is 1. The Labute approximate surface area is 810 Å². The summed E-state index contributed by atoms with van der Waals surface area (Å²) >= 11 is 6.11. The van der Waals surface area contributed by atoms with Crippen LogP contribution >= 0.6 is 11.6 Å².